The van der Waals surface area contributed by atoms with Gasteiger partial charge in [0.1, 0.15) is 11.3 Å². The molecule has 0 aromatic rings. The van der Waals surface area contributed by atoms with Gasteiger partial charge in [0.15, 0.2) is 11.5 Å². The molecule has 0 spiro atoms. The number of hydrazone groups is 1. The van der Waals surface area contributed by atoms with Crippen LogP contribution in [0.3, 0.4) is 0 Å². The molecule has 3 N–H and O–H groups in total. The smallest absolute Gasteiger partial charge is 0.164 e. The summed E-state index contributed by atoms with van der Waals surface area (Å²) in [5, 5.41) is 40.9. The number of halogens is 1. The first kappa shape index (κ1) is 24.9. The number of nitrogens with zero attached hydrogens (tertiary/aromatic N) is 3. The number of rotatable bonds is 3. The first-order chi connectivity index (χ1) is 16.3. The third-order valence-electron chi connectivity index (χ3n) is 9.66. The molecule has 0 radical (unpaired) electrons. The number of hydrogen-bond donors (Lipinski definition) is 3. The standard InChI is InChI=1S/C26H38FN3O5/c1-22(2)34-21-12-18-17-8-7-15-11-16(29-33)9-10-23(15,3)25(17,27)20(32)13-24(18,4)26(21,35-22)19(14-31)28-30(5)6/h9-11,17-18,20-21,31-33H,7-8,12-14H2,1-6H3/b28-19?,29-16+/t17-,18-,20-,21+,23-,24-,25-,26+/m0/s1. The predicted octanol–water partition coefficient (Wildman–Crippen LogP) is 3.03. The fourth-order valence-electron chi connectivity index (χ4n) is 8.37. The molecule has 0 aromatic carbocycles. The lowest BCUT2D eigenvalue weighted by atomic mass is 9.44. The summed E-state index contributed by atoms with van der Waals surface area (Å²) in [5.41, 5.74) is -3.05. The molecular weight excluding hydrogens is 453 g/mol. The van der Waals surface area contributed by atoms with Crippen LogP contribution in [-0.2, 0) is 9.47 Å². The van der Waals surface area contributed by atoms with Gasteiger partial charge in [-0.15, -0.1) is 0 Å². The van der Waals surface area contributed by atoms with Crippen molar-refractivity contribution in [1.82, 2.24) is 5.01 Å². The molecular formula is C26H38FN3O5. The molecule has 194 valence electrons. The van der Waals surface area contributed by atoms with E-state index >= 15 is 4.39 Å². The molecule has 1 saturated heterocycles. The lowest BCUT2D eigenvalue weighted by molar-refractivity contribution is -0.236. The Morgan fingerprint density at radius 3 is 2.57 bits per heavy atom. The average molecular weight is 492 g/mol. The zero-order chi connectivity index (χ0) is 25.6. The number of allylic oxidation sites excluding steroid dienone is 4. The minimum absolute atomic E-state index is 0.144. The molecule has 8 nitrogen and oxygen atoms in total. The lowest BCUT2D eigenvalue weighted by Crippen LogP contribution is -2.70. The van der Waals surface area contributed by atoms with Gasteiger partial charge in [0.2, 0.25) is 0 Å². The van der Waals surface area contributed by atoms with E-state index in [4.69, 9.17) is 9.47 Å². The van der Waals surface area contributed by atoms with E-state index in [-0.39, 0.29) is 18.9 Å². The van der Waals surface area contributed by atoms with Crippen LogP contribution >= 0.6 is 0 Å². The van der Waals surface area contributed by atoms with Gasteiger partial charge in [-0.05, 0) is 64.5 Å². The van der Waals surface area contributed by atoms with Crippen molar-refractivity contribution in [1.29, 1.82) is 0 Å². The minimum Gasteiger partial charge on any atom is -0.410 e. The van der Waals surface area contributed by atoms with E-state index in [0.717, 1.165) is 5.57 Å². The summed E-state index contributed by atoms with van der Waals surface area (Å²) in [6.45, 7) is 7.26. The summed E-state index contributed by atoms with van der Waals surface area (Å²) in [6, 6.07) is 0. The molecule has 5 aliphatic rings. The Hall–Kier alpha value is -1.81. The van der Waals surface area contributed by atoms with Crippen molar-refractivity contribution in [2.45, 2.75) is 82.6 Å². The number of fused-ring (bicyclic) bond motifs is 7. The first-order valence-corrected chi connectivity index (χ1v) is 12.5. The Morgan fingerprint density at radius 2 is 1.94 bits per heavy atom. The Kier molecular flexibility index (Phi) is 5.40. The lowest BCUT2D eigenvalue weighted by Gasteiger charge is -2.63. The van der Waals surface area contributed by atoms with Gasteiger partial charge in [-0.1, -0.05) is 23.7 Å². The molecule has 0 aromatic heterocycles. The highest BCUT2D eigenvalue weighted by Crippen LogP contribution is 2.72. The number of aliphatic hydroxyl groups excluding tert-OH is 2. The van der Waals surface area contributed by atoms with E-state index in [9.17, 15) is 15.4 Å². The highest BCUT2D eigenvalue weighted by atomic mass is 19.1. The topological polar surface area (TPSA) is 107 Å². The molecule has 3 saturated carbocycles. The second kappa shape index (κ2) is 7.60. The molecule has 9 heteroatoms. The Bertz CT molecular complexity index is 1040. The normalized spacial score (nSPS) is 49.2. The Morgan fingerprint density at radius 1 is 1.23 bits per heavy atom. The van der Waals surface area contributed by atoms with Gasteiger partial charge in [-0.2, -0.15) is 5.10 Å². The van der Waals surface area contributed by atoms with Crippen molar-refractivity contribution >= 4 is 11.4 Å². The number of alkyl halides is 1. The van der Waals surface area contributed by atoms with Crippen LogP contribution in [0.15, 0.2) is 34.1 Å². The summed E-state index contributed by atoms with van der Waals surface area (Å²) >= 11 is 0. The van der Waals surface area contributed by atoms with E-state index in [2.05, 4.69) is 10.3 Å². The average Bonchev–Trinajstić information content (AvgIpc) is 3.18. The van der Waals surface area contributed by atoms with Crippen molar-refractivity contribution in [3.63, 3.8) is 0 Å². The van der Waals surface area contributed by atoms with Crippen LogP contribution in [0.2, 0.25) is 0 Å². The van der Waals surface area contributed by atoms with Gasteiger partial charge in [-0.25, -0.2) is 4.39 Å². The van der Waals surface area contributed by atoms with E-state index in [1.807, 2.05) is 27.7 Å². The fraction of sp³-hybridized carbons (Fsp3) is 0.769. The second-order valence-corrected chi connectivity index (χ2v) is 12.0. The second-order valence-electron chi connectivity index (χ2n) is 12.0. The van der Waals surface area contributed by atoms with Gasteiger partial charge in [0, 0.05) is 30.8 Å². The van der Waals surface area contributed by atoms with E-state index in [1.54, 1.807) is 37.3 Å². The Balaban J connectivity index is 1.64. The number of oxime groups is 1. The first-order valence-electron chi connectivity index (χ1n) is 12.5. The van der Waals surface area contributed by atoms with Crippen LogP contribution in [0.5, 0.6) is 0 Å². The predicted molar refractivity (Wildman–Crippen MR) is 129 cm³/mol. The molecule has 0 amide bonds. The summed E-state index contributed by atoms with van der Waals surface area (Å²) in [7, 11) is 3.57. The quantitative estimate of drug-likeness (QED) is 0.318. The summed E-state index contributed by atoms with van der Waals surface area (Å²) in [4.78, 5) is 0. The van der Waals surface area contributed by atoms with Gasteiger partial charge < -0.3 is 29.9 Å². The zero-order valence-electron chi connectivity index (χ0n) is 21.5. The minimum atomic E-state index is -1.91. The maximum Gasteiger partial charge on any atom is 0.164 e. The van der Waals surface area contributed by atoms with Gasteiger partial charge >= 0.3 is 0 Å². The van der Waals surface area contributed by atoms with E-state index < -0.39 is 46.0 Å². The maximum atomic E-state index is 17.5. The molecule has 8 atom stereocenters. The van der Waals surface area contributed by atoms with Gasteiger partial charge in [-0.3, -0.25) is 0 Å². The number of hydrogen-bond acceptors (Lipinski definition) is 8. The van der Waals surface area contributed by atoms with Crippen molar-refractivity contribution in [2.24, 2.45) is 32.9 Å². The molecule has 0 unspecified atom stereocenters. The molecule has 1 aliphatic heterocycles. The SMILES string of the molecule is CN(C)N=C(CO)[C@@]12OC(C)(C)O[C@@H]1C[C@H]1[C@@H]3CCC4=C/C(=N/O)C=C[C@]4(C)[C@@]3(F)[C@@H](O)C[C@@]12C. The van der Waals surface area contributed by atoms with Crippen molar-refractivity contribution in [2.75, 3.05) is 20.7 Å². The van der Waals surface area contributed by atoms with Crippen LogP contribution in [0.25, 0.3) is 0 Å². The maximum absolute atomic E-state index is 17.5. The number of ether oxygens (including phenoxy) is 2. The fourth-order valence-corrected chi connectivity index (χ4v) is 8.37. The number of aliphatic hydroxyl groups is 2. The van der Waals surface area contributed by atoms with Crippen LogP contribution in [0.4, 0.5) is 4.39 Å². The van der Waals surface area contributed by atoms with Gasteiger partial charge in [0.25, 0.3) is 0 Å². The van der Waals surface area contributed by atoms with Crippen molar-refractivity contribution in [3.05, 3.63) is 23.8 Å². The highest BCUT2D eigenvalue weighted by Gasteiger charge is 2.79. The molecule has 35 heavy (non-hydrogen) atoms. The molecule has 4 fully saturated rings. The summed E-state index contributed by atoms with van der Waals surface area (Å²) in [5.74, 6) is -1.51. The zero-order valence-corrected chi connectivity index (χ0v) is 21.5. The van der Waals surface area contributed by atoms with Gasteiger partial charge in [0.05, 0.1) is 24.5 Å². The van der Waals surface area contributed by atoms with Crippen LogP contribution in [0.1, 0.15) is 53.4 Å². The summed E-state index contributed by atoms with van der Waals surface area (Å²) in [6.07, 6.45) is 5.31. The third-order valence-corrected chi connectivity index (χ3v) is 9.66. The molecule has 1 heterocycles. The monoisotopic (exact) mass is 491 g/mol. The Labute approximate surface area is 206 Å². The van der Waals surface area contributed by atoms with Crippen LogP contribution in [0, 0.1) is 22.7 Å². The highest BCUT2D eigenvalue weighted by molar-refractivity contribution is 6.05. The van der Waals surface area contributed by atoms with Crippen molar-refractivity contribution < 1.29 is 29.3 Å². The largest absolute Gasteiger partial charge is 0.410 e. The van der Waals surface area contributed by atoms with E-state index in [1.165, 1.54) is 0 Å². The molecule has 0 bridgehead atoms. The summed E-state index contributed by atoms with van der Waals surface area (Å²) < 4.78 is 30.6. The van der Waals surface area contributed by atoms with Crippen LogP contribution in [-0.4, -0.2) is 81.8 Å². The van der Waals surface area contributed by atoms with Crippen LogP contribution < -0.4 is 0 Å². The third kappa shape index (κ3) is 2.98. The van der Waals surface area contributed by atoms with E-state index in [0.29, 0.717) is 30.7 Å². The van der Waals surface area contributed by atoms with Crippen molar-refractivity contribution in [3.8, 4) is 0 Å². The molecule has 5 rings (SSSR count). The molecule has 4 aliphatic carbocycles.